The normalized spacial score (nSPS) is 13.7. The molecule has 1 atom stereocenters. The highest BCUT2D eigenvalue weighted by Crippen LogP contribution is 2.20. The third-order valence-corrected chi connectivity index (χ3v) is 6.70. The average molecular weight is 396 g/mol. The van der Waals surface area contributed by atoms with Crippen molar-refractivity contribution in [3.8, 4) is 0 Å². The van der Waals surface area contributed by atoms with Crippen LogP contribution in [0, 0.1) is 5.92 Å². The molecule has 0 saturated carbocycles. The number of rotatable bonds is 7. The van der Waals surface area contributed by atoms with Crippen LogP contribution in [-0.4, -0.2) is 23.1 Å². The lowest BCUT2D eigenvalue weighted by molar-refractivity contribution is 0.566. The molecule has 0 amide bonds. The van der Waals surface area contributed by atoms with E-state index in [2.05, 4.69) is 18.6 Å². The van der Waals surface area contributed by atoms with Gasteiger partial charge < -0.3 is 0 Å². The van der Waals surface area contributed by atoms with Gasteiger partial charge in [0.15, 0.2) is 9.84 Å². The summed E-state index contributed by atoms with van der Waals surface area (Å²) in [6.07, 6.45) is 2.06. The van der Waals surface area contributed by atoms with E-state index in [0.29, 0.717) is 5.92 Å². The van der Waals surface area contributed by atoms with Crippen molar-refractivity contribution >= 4 is 19.9 Å². The van der Waals surface area contributed by atoms with Crippen LogP contribution < -0.4 is 4.72 Å². The van der Waals surface area contributed by atoms with E-state index < -0.39 is 25.9 Å². The molecular weight excluding hydrogens is 370 g/mol. The number of hydrogen-bond donors (Lipinski definition) is 1. The first-order valence-electron chi connectivity index (χ1n) is 8.40. The first-order chi connectivity index (χ1) is 12.0. The van der Waals surface area contributed by atoms with Gasteiger partial charge in [-0.05, 0) is 54.7 Å². The molecule has 2 rings (SSSR count). The van der Waals surface area contributed by atoms with Gasteiger partial charge in [0, 0.05) is 12.3 Å². The van der Waals surface area contributed by atoms with E-state index >= 15 is 0 Å². The van der Waals surface area contributed by atoms with Gasteiger partial charge in [-0.15, -0.1) is 0 Å². The van der Waals surface area contributed by atoms with E-state index in [0.717, 1.165) is 18.2 Å². The summed E-state index contributed by atoms with van der Waals surface area (Å²) < 4.78 is 50.7. The number of sulfonamides is 1. The van der Waals surface area contributed by atoms with E-state index in [-0.39, 0.29) is 9.79 Å². The topological polar surface area (TPSA) is 80.3 Å². The Kier molecular flexibility index (Phi) is 6.26. The number of sulfone groups is 1. The van der Waals surface area contributed by atoms with Crippen molar-refractivity contribution in [3.05, 3.63) is 59.7 Å². The molecule has 142 valence electrons. The molecule has 0 fully saturated rings. The van der Waals surface area contributed by atoms with Gasteiger partial charge >= 0.3 is 0 Å². The molecule has 5 nitrogen and oxygen atoms in total. The van der Waals surface area contributed by atoms with Gasteiger partial charge in [-0.2, -0.15) is 0 Å². The van der Waals surface area contributed by atoms with Gasteiger partial charge in [0.05, 0.1) is 9.79 Å². The van der Waals surface area contributed by atoms with E-state index in [1.54, 1.807) is 6.92 Å². The Hall–Kier alpha value is -1.70. The van der Waals surface area contributed by atoms with Crippen molar-refractivity contribution in [1.82, 2.24) is 4.72 Å². The van der Waals surface area contributed by atoms with Gasteiger partial charge in [-0.3, -0.25) is 0 Å². The molecule has 0 heterocycles. The van der Waals surface area contributed by atoms with Crippen molar-refractivity contribution in [1.29, 1.82) is 0 Å². The first-order valence-corrected chi connectivity index (χ1v) is 11.8. The predicted octanol–water partition coefficient (Wildman–Crippen LogP) is 3.33. The quantitative estimate of drug-likeness (QED) is 0.780. The summed E-state index contributed by atoms with van der Waals surface area (Å²) in [7, 11) is -7.10. The molecule has 0 aliphatic rings. The molecule has 0 bridgehead atoms. The standard InChI is InChI=1S/C19H25NO4S2/c1-14(2)13-16-5-7-17(8-6-16)15(3)20-26(23,24)19-11-9-18(10-12-19)25(4,21)22/h5-12,14-15,20H,13H2,1-4H3/t15-/m1/s1. The van der Waals surface area contributed by atoms with E-state index in [1.807, 2.05) is 24.3 Å². The molecule has 2 aromatic rings. The molecule has 26 heavy (non-hydrogen) atoms. The second kappa shape index (κ2) is 7.90. The van der Waals surface area contributed by atoms with Crippen molar-refractivity contribution < 1.29 is 16.8 Å². The average Bonchev–Trinajstić information content (AvgIpc) is 2.54. The highest BCUT2D eigenvalue weighted by molar-refractivity contribution is 7.90. The Morgan fingerprint density at radius 2 is 1.31 bits per heavy atom. The molecular formula is C19H25NO4S2. The maximum Gasteiger partial charge on any atom is 0.241 e. The van der Waals surface area contributed by atoms with Crippen molar-refractivity contribution in [2.45, 2.75) is 43.0 Å². The number of benzene rings is 2. The van der Waals surface area contributed by atoms with Crippen molar-refractivity contribution in [2.75, 3.05) is 6.26 Å². The zero-order valence-corrected chi connectivity index (χ0v) is 17.1. The molecule has 7 heteroatoms. The van der Waals surface area contributed by atoms with Gasteiger partial charge in [0.2, 0.25) is 10.0 Å². The largest absolute Gasteiger partial charge is 0.241 e. The molecule has 0 aromatic heterocycles. The molecule has 0 saturated heterocycles. The summed E-state index contributed by atoms with van der Waals surface area (Å²) in [4.78, 5) is 0.124. The lowest BCUT2D eigenvalue weighted by Gasteiger charge is -2.16. The highest BCUT2D eigenvalue weighted by Gasteiger charge is 2.19. The van der Waals surface area contributed by atoms with Crippen LogP contribution in [0.5, 0.6) is 0 Å². The molecule has 2 aromatic carbocycles. The maximum absolute atomic E-state index is 12.5. The Balaban J connectivity index is 2.15. The SMILES string of the molecule is CC(C)Cc1ccc([C@@H](C)NS(=O)(=O)c2ccc(S(C)(=O)=O)cc2)cc1. The van der Waals surface area contributed by atoms with Gasteiger partial charge in [-0.25, -0.2) is 21.6 Å². The second-order valence-corrected chi connectivity index (χ2v) is 10.7. The summed E-state index contributed by atoms with van der Waals surface area (Å²) in [5, 5.41) is 0. The molecule has 0 spiro atoms. The summed E-state index contributed by atoms with van der Waals surface area (Å²) >= 11 is 0. The zero-order chi connectivity index (χ0) is 19.5. The fourth-order valence-corrected chi connectivity index (χ4v) is 4.51. The fourth-order valence-electron chi connectivity index (χ4n) is 2.65. The van der Waals surface area contributed by atoms with Crippen LogP contribution in [0.4, 0.5) is 0 Å². The van der Waals surface area contributed by atoms with E-state index in [4.69, 9.17) is 0 Å². The first kappa shape index (κ1) is 20.6. The van der Waals surface area contributed by atoms with Crippen LogP contribution in [-0.2, 0) is 26.3 Å². The third kappa shape index (κ3) is 5.40. The second-order valence-electron chi connectivity index (χ2n) is 6.93. The summed E-state index contributed by atoms with van der Waals surface area (Å²) in [5.41, 5.74) is 2.09. The summed E-state index contributed by atoms with van der Waals surface area (Å²) in [6.45, 7) is 6.08. The van der Waals surface area contributed by atoms with Crippen LogP contribution in [0.25, 0.3) is 0 Å². The Morgan fingerprint density at radius 1 is 0.808 bits per heavy atom. The monoisotopic (exact) mass is 395 g/mol. The fraction of sp³-hybridized carbons (Fsp3) is 0.368. The maximum atomic E-state index is 12.5. The lowest BCUT2D eigenvalue weighted by Crippen LogP contribution is -2.26. The minimum atomic E-state index is -3.74. The predicted molar refractivity (Wildman–Crippen MR) is 103 cm³/mol. The highest BCUT2D eigenvalue weighted by atomic mass is 32.2. The van der Waals surface area contributed by atoms with Gasteiger partial charge in [0.25, 0.3) is 0 Å². The number of hydrogen-bond acceptors (Lipinski definition) is 4. The lowest BCUT2D eigenvalue weighted by atomic mass is 10.0. The van der Waals surface area contributed by atoms with Crippen LogP contribution in [0.15, 0.2) is 58.3 Å². The van der Waals surface area contributed by atoms with E-state index in [1.165, 1.54) is 29.8 Å². The zero-order valence-electron chi connectivity index (χ0n) is 15.4. The minimum Gasteiger partial charge on any atom is -0.224 e. The van der Waals surface area contributed by atoms with Crippen LogP contribution >= 0.6 is 0 Å². The van der Waals surface area contributed by atoms with Crippen LogP contribution in [0.3, 0.4) is 0 Å². The Bertz CT molecular complexity index is 946. The van der Waals surface area contributed by atoms with Gasteiger partial charge in [0.1, 0.15) is 0 Å². The minimum absolute atomic E-state index is 0.0353. The molecule has 0 aliphatic heterocycles. The van der Waals surface area contributed by atoms with Crippen molar-refractivity contribution in [2.24, 2.45) is 5.92 Å². The molecule has 0 aliphatic carbocycles. The molecule has 0 unspecified atom stereocenters. The number of nitrogens with one attached hydrogen (secondary N) is 1. The van der Waals surface area contributed by atoms with Crippen LogP contribution in [0.2, 0.25) is 0 Å². The van der Waals surface area contributed by atoms with Crippen LogP contribution in [0.1, 0.15) is 37.9 Å². The molecule has 1 N–H and O–H groups in total. The Labute approximate surface area is 156 Å². The molecule has 0 radical (unpaired) electrons. The summed E-state index contributed by atoms with van der Waals surface area (Å²) in [5.74, 6) is 0.562. The van der Waals surface area contributed by atoms with E-state index in [9.17, 15) is 16.8 Å². The summed E-state index contributed by atoms with van der Waals surface area (Å²) in [6, 6.07) is 12.7. The van der Waals surface area contributed by atoms with Gasteiger partial charge in [-0.1, -0.05) is 38.1 Å². The third-order valence-electron chi connectivity index (χ3n) is 4.02. The smallest absolute Gasteiger partial charge is 0.224 e. The van der Waals surface area contributed by atoms with Crippen molar-refractivity contribution in [3.63, 3.8) is 0 Å². The Morgan fingerprint density at radius 3 is 1.77 bits per heavy atom.